The molecule has 1 aliphatic rings. The molecule has 1 heterocycles. The van der Waals surface area contributed by atoms with E-state index in [0.29, 0.717) is 12.0 Å². The largest absolute Gasteiger partial charge is 0.392 e. The molecule has 1 rings (SSSR count). The Hall–Kier alpha value is -0.120. The summed E-state index contributed by atoms with van der Waals surface area (Å²) in [6.07, 6.45) is 2.06. The highest BCUT2D eigenvalue weighted by Crippen LogP contribution is 2.17. The summed E-state index contributed by atoms with van der Waals surface area (Å²) in [5.41, 5.74) is 6.00. The molecule has 0 radical (unpaired) electrons. The van der Waals surface area contributed by atoms with Gasteiger partial charge in [-0.25, -0.2) is 0 Å². The second-order valence-corrected chi connectivity index (χ2v) is 4.85. The van der Waals surface area contributed by atoms with Crippen LogP contribution in [0.15, 0.2) is 0 Å². The maximum Gasteiger partial charge on any atom is 0.0690 e. The molecule has 0 aromatic heterocycles. The topological polar surface area (TPSA) is 49.5 Å². The van der Waals surface area contributed by atoms with Crippen LogP contribution >= 0.6 is 0 Å². The first kappa shape index (κ1) is 12.0. The molecule has 3 unspecified atom stereocenters. The Morgan fingerprint density at radius 1 is 1.50 bits per heavy atom. The zero-order valence-electron chi connectivity index (χ0n) is 9.61. The van der Waals surface area contributed by atoms with E-state index < -0.39 is 0 Å². The van der Waals surface area contributed by atoms with E-state index in [9.17, 15) is 5.11 Å². The van der Waals surface area contributed by atoms with Gasteiger partial charge in [0, 0.05) is 18.6 Å². The number of aliphatic hydroxyl groups is 1. The summed E-state index contributed by atoms with van der Waals surface area (Å²) in [4.78, 5) is 2.32. The molecule has 3 nitrogen and oxygen atoms in total. The molecule has 3 heteroatoms. The molecule has 84 valence electrons. The third-order valence-corrected chi connectivity index (χ3v) is 3.37. The van der Waals surface area contributed by atoms with E-state index in [1.54, 1.807) is 0 Å². The highest BCUT2D eigenvalue weighted by Gasteiger charge is 2.26. The smallest absolute Gasteiger partial charge is 0.0690 e. The minimum atomic E-state index is -0.220. The van der Waals surface area contributed by atoms with E-state index in [2.05, 4.69) is 25.7 Å². The van der Waals surface area contributed by atoms with Gasteiger partial charge in [0.25, 0.3) is 0 Å². The van der Waals surface area contributed by atoms with E-state index in [0.717, 1.165) is 25.9 Å². The molecular formula is C11H24N2O. The van der Waals surface area contributed by atoms with Gasteiger partial charge in [-0.2, -0.15) is 0 Å². The van der Waals surface area contributed by atoms with Gasteiger partial charge >= 0.3 is 0 Å². The number of aliphatic hydroxyl groups excluding tert-OH is 1. The minimum Gasteiger partial charge on any atom is -0.392 e. The molecule has 1 saturated heterocycles. The molecule has 3 N–H and O–H groups in total. The first-order valence-electron chi connectivity index (χ1n) is 5.70. The molecule has 14 heavy (non-hydrogen) atoms. The van der Waals surface area contributed by atoms with Gasteiger partial charge in [0.2, 0.25) is 0 Å². The summed E-state index contributed by atoms with van der Waals surface area (Å²) < 4.78 is 0. The molecule has 3 atom stereocenters. The predicted molar refractivity (Wildman–Crippen MR) is 59.1 cm³/mol. The average molecular weight is 200 g/mol. The fourth-order valence-corrected chi connectivity index (χ4v) is 1.95. The molecule has 0 saturated carbocycles. The van der Waals surface area contributed by atoms with Crippen molar-refractivity contribution in [2.75, 3.05) is 13.1 Å². The second kappa shape index (κ2) is 5.10. The summed E-state index contributed by atoms with van der Waals surface area (Å²) >= 11 is 0. The van der Waals surface area contributed by atoms with Crippen LogP contribution in [0.1, 0.15) is 33.6 Å². The van der Waals surface area contributed by atoms with E-state index >= 15 is 0 Å². The maximum absolute atomic E-state index is 9.80. The van der Waals surface area contributed by atoms with Crippen molar-refractivity contribution in [3.8, 4) is 0 Å². The molecule has 0 aromatic rings. The lowest BCUT2D eigenvalue weighted by atomic mass is 9.97. The zero-order chi connectivity index (χ0) is 10.7. The van der Waals surface area contributed by atoms with Gasteiger partial charge in [0.15, 0.2) is 0 Å². The number of hydrogen-bond donors (Lipinski definition) is 2. The van der Waals surface area contributed by atoms with Crippen LogP contribution in [0.2, 0.25) is 0 Å². The van der Waals surface area contributed by atoms with Crippen molar-refractivity contribution in [2.45, 2.75) is 51.8 Å². The Kier molecular flexibility index (Phi) is 4.35. The van der Waals surface area contributed by atoms with Crippen molar-refractivity contribution in [2.24, 2.45) is 11.7 Å². The van der Waals surface area contributed by atoms with Crippen molar-refractivity contribution < 1.29 is 5.11 Å². The van der Waals surface area contributed by atoms with Crippen LogP contribution < -0.4 is 5.73 Å². The summed E-state index contributed by atoms with van der Waals surface area (Å²) in [7, 11) is 0. The van der Waals surface area contributed by atoms with Gasteiger partial charge in [-0.3, -0.25) is 4.90 Å². The van der Waals surface area contributed by atoms with Crippen molar-refractivity contribution >= 4 is 0 Å². The molecular weight excluding hydrogens is 176 g/mol. The van der Waals surface area contributed by atoms with Gasteiger partial charge in [-0.15, -0.1) is 0 Å². The third-order valence-electron chi connectivity index (χ3n) is 3.37. The Morgan fingerprint density at radius 3 is 2.71 bits per heavy atom. The molecule has 0 aromatic carbocycles. The number of likely N-dealkylation sites (tertiary alicyclic amines) is 1. The van der Waals surface area contributed by atoms with Crippen LogP contribution in [-0.4, -0.2) is 41.3 Å². The quantitative estimate of drug-likeness (QED) is 0.709. The zero-order valence-corrected chi connectivity index (χ0v) is 9.61. The number of β-amino-alcohol motifs (C(OH)–C–C–N with tert-alkyl or cyclic N) is 1. The van der Waals surface area contributed by atoms with E-state index in [1.165, 1.54) is 0 Å². The number of rotatable bonds is 3. The summed E-state index contributed by atoms with van der Waals surface area (Å²) in [5, 5.41) is 9.80. The summed E-state index contributed by atoms with van der Waals surface area (Å²) in [5.74, 6) is 0.334. The average Bonchev–Trinajstić information content (AvgIpc) is 2.12. The summed E-state index contributed by atoms with van der Waals surface area (Å²) in [6.45, 7) is 8.13. The first-order chi connectivity index (χ1) is 6.52. The van der Waals surface area contributed by atoms with Crippen LogP contribution in [0.4, 0.5) is 0 Å². The van der Waals surface area contributed by atoms with Crippen molar-refractivity contribution in [3.05, 3.63) is 0 Å². The van der Waals surface area contributed by atoms with Crippen LogP contribution in [0.5, 0.6) is 0 Å². The van der Waals surface area contributed by atoms with Crippen LogP contribution in [0.3, 0.4) is 0 Å². The second-order valence-electron chi connectivity index (χ2n) is 4.85. The normalized spacial score (nSPS) is 32.1. The van der Waals surface area contributed by atoms with E-state index in [-0.39, 0.29) is 12.1 Å². The standard InChI is InChI=1S/C11H24N2O/c1-8(2)11(14)7-13-6-4-5-10(12)9(13)3/h8-11,14H,4-7,12H2,1-3H3. The first-order valence-corrected chi connectivity index (χ1v) is 5.70. The molecule has 1 aliphatic heterocycles. The van der Waals surface area contributed by atoms with Crippen LogP contribution in [-0.2, 0) is 0 Å². The van der Waals surface area contributed by atoms with Gasteiger partial charge in [-0.05, 0) is 32.2 Å². The highest BCUT2D eigenvalue weighted by molar-refractivity contribution is 4.85. The van der Waals surface area contributed by atoms with Gasteiger partial charge < -0.3 is 10.8 Å². The predicted octanol–water partition coefficient (Wildman–Crippen LogP) is 0.815. The number of hydrogen-bond acceptors (Lipinski definition) is 3. The number of nitrogens with two attached hydrogens (primary N) is 1. The van der Waals surface area contributed by atoms with Gasteiger partial charge in [0.1, 0.15) is 0 Å². The number of piperidine rings is 1. The van der Waals surface area contributed by atoms with E-state index in [1.807, 2.05) is 0 Å². The van der Waals surface area contributed by atoms with E-state index in [4.69, 9.17) is 5.73 Å². The molecule has 0 amide bonds. The van der Waals surface area contributed by atoms with Crippen molar-refractivity contribution in [1.29, 1.82) is 0 Å². The lowest BCUT2D eigenvalue weighted by Crippen LogP contribution is -2.52. The molecule has 0 spiro atoms. The lowest BCUT2D eigenvalue weighted by Gasteiger charge is -2.39. The maximum atomic E-state index is 9.80. The molecule has 1 fully saturated rings. The van der Waals surface area contributed by atoms with Gasteiger partial charge in [-0.1, -0.05) is 13.8 Å². The van der Waals surface area contributed by atoms with Crippen molar-refractivity contribution in [3.63, 3.8) is 0 Å². The molecule has 0 aliphatic carbocycles. The Balaban J connectivity index is 2.43. The van der Waals surface area contributed by atoms with Gasteiger partial charge in [0.05, 0.1) is 6.10 Å². The SMILES string of the molecule is CC(C)C(O)CN1CCCC(N)C1C. The van der Waals surface area contributed by atoms with Crippen LogP contribution in [0, 0.1) is 5.92 Å². The third kappa shape index (κ3) is 2.94. The number of nitrogens with zero attached hydrogens (tertiary/aromatic N) is 1. The fourth-order valence-electron chi connectivity index (χ4n) is 1.95. The van der Waals surface area contributed by atoms with Crippen molar-refractivity contribution in [1.82, 2.24) is 4.90 Å². The highest BCUT2D eigenvalue weighted by atomic mass is 16.3. The Morgan fingerprint density at radius 2 is 2.14 bits per heavy atom. The summed E-state index contributed by atoms with van der Waals surface area (Å²) in [6, 6.07) is 0.695. The Bertz CT molecular complexity index is 173. The molecule has 0 bridgehead atoms. The monoisotopic (exact) mass is 200 g/mol. The fraction of sp³-hybridized carbons (Fsp3) is 1.00. The lowest BCUT2D eigenvalue weighted by molar-refractivity contribution is 0.0416. The minimum absolute atomic E-state index is 0.220. The van der Waals surface area contributed by atoms with Crippen LogP contribution in [0.25, 0.3) is 0 Å². The Labute approximate surface area is 87.3 Å².